The summed E-state index contributed by atoms with van der Waals surface area (Å²) in [5, 5.41) is 12.7. The highest BCUT2D eigenvalue weighted by atomic mass is 32.2. The first kappa shape index (κ1) is 21.8. The number of nitro groups is 1. The molecule has 2 aromatic carbocycles. The Balaban J connectivity index is 1.42. The maximum absolute atomic E-state index is 13.0. The highest BCUT2D eigenvalue weighted by Crippen LogP contribution is 2.24. The summed E-state index contributed by atoms with van der Waals surface area (Å²) in [7, 11) is -3.70. The number of rotatable bonds is 6. The lowest BCUT2D eigenvalue weighted by molar-refractivity contribution is -0.384. The van der Waals surface area contributed by atoms with Crippen molar-refractivity contribution in [3.8, 4) is 0 Å². The Morgan fingerprint density at radius 3 is 2.44 bits per heavy atom. The fourth-order valence-electron chi connectivity index (χ4n) is 3.49. The van der Waals surface area contributed by atoms with E-state index in [1.807, 2.05) is 11.0 Å². The van der Waals surface area contributed by atoms with E-state index in [9.17, 15) is 23.3 Å². The summed E-state index contributed by atoms with van der Waals surface area (Å²) in [6.07, 6.45) is 0. The molecule has 32 heavy (non-hydrogen) atoms. The number of thiophene rings is 1. The van der Waals surface area contributed by atoms with E-state index in [4.69, 9.17) is 0 Å². The molecule has 0 saturated carbocycles. The van der Waals surface area contributed by atoms with E-state index in [0.717, 1.165) is 17.0 Å². The lowest BCUT2D eigenvalue weighted by atomic mass is 10.1. The van der Waals surface area contributed by atoms with E-state index in [0.29, 0.717) is 37.4 Å². The largest absolute Gasteiger partial charge is 0.368 e. The minimum Gasteiger partial charge on any atom is -0.368 e. The smallest absolute Gasteiger partial charge is 0.271 e. The number of benzene rings is 2. The number of carbonyl (C=O) groups is 1. The summed E-state index contributed by atoms with van der Waals surface area (Å²) in [6, 6.07) is 16.0. The van der Waals surface area contributed by atoms with Crippen LogP contribution in [0.3, 0.4) is 0 Å². The molecule has 166 valence electrons. The van der Waals surface area contributed by atoms with Crippen molar-refractivity contribution in [2.24, 2.45) is 0 Å². The Morgan fingerprint density at radius 2 is 1.75 bits per heavy atom. The average Bonchev–Trinajstić information content (AvgIpc) is 3.35. The number of anilines is 2. The van der Waals surface area contributed by atoms with Crippen LogP contribution in [0.15, 0.2) is 70.3 Å². The fraction of sp³-hybridized carbons (Fsp3) is 0.190. The highest BCUT2D eigenvalue weighted by Gasteiger charge is 2.24. The van der Waals surface area contributed by atoms with Crippen LogP contribution >= 0.6 is 11.3 Å². The van der Waals surface area contributed by atoms with Crippen molar-refractivity contribution in [2.45, 2.75) is 4.21 Å². The van der Waals surface area contributed by atoms with Crippen LogP contribution in [0, 0.1) is 10.1 Å². The third-order valence-electron chi connectivity index (χ3n) is 5.09. The second-order valence-corrected chi connectivity index (χ2v) is 10.0. The Bertz CT molecular complexity index is 1240. The Morgan fingerprint density at radius 1 is 1.00 bits per heavy atom. The first-order valence-corrected chi connectivity index (χ1v) is 12.1. The predicted molar refractivity (Wildman–Crippen MR) is 123 cm³/mol. The summed E-state index contributed by atoms with van der Waals surface area (Å²) >= 11 is 1.12. The number of hydrogen-bond donors (Lipinski definition) is 1. The van der Waals surface area contributed by atoms with Gasteiger partial charge in [-0.05, 0) is 35.7 Å². The summed E-state index contributed by atoms with van der Waals surface area (Å²) in [5.41, 5.74) is 1.48. The molecule has 1 aliphatic heterocycles. The maximum atomic E-state index is 13.0. The second-order valence-electron chi connectivity index (χ2n) is 7.17. The number of nitro benzene ring substituents is 1. The van der Waals surface area contributed by atoms with Crippen LogP contribution in [0.1, 0.15) is 10.4 Å². The van der Waals surface area contributed by atoms with Crippen molar-refractivity contribution in [3.05, 3.63) is 81.7 Å². The quantitative estimate of drug-likeness (QED) is 0.434. The van der Waals surface area contributed by atoms with E-state index in [-0.39, 0.29) is 15.8 Å². The summed E-state index contributed by atoms with van der Waals surface area (Å²) in [6.45, 7) is 1.98. The molecular formula is C21H20N4O5S2. The number of piperazine rings is 1. The van der Waals surface area contributed by atoms with Gasteiger partial charge in [0.2, 0.25) is 0 Å². The highest BCUT2D eigenvalue weighted by molar-refractivity contribution is 7.94. The van der Waals surface area contributed by atoms with E-state index in [1.165, 1.54) is 24.3 Å². The van der Waals surface area contributed by atoms with Crippen LogP contribution in [0.2, 0.25) is 0 Å². The zero-order valence-corrected chi connectivity index (χ0v) is 18.5. The van der Waals surface area contributed by atoms with Gasteiger partial charge in [0.05, 0.1) is 4.92 Å². The lowest BCUT2D eigenvalue weighted by Crippen LogP contribution is -2.48. The molecule has 0 atom stereocenters. The summed E-state index contributed by atoms with van der Waals surface area (Å²) < 4.78 is 27.6. The molecule has 0 aliphatic carbocycles. The van der Waals surface area contributed by atoms with Crippen LogP contribution in [0.25, 0.3) is 0 Å². The SMILES string of the molecule is O=C(c1cccc(NS(=O)(=O)c2cccs2)c1)N1CCN(c2cccc([N+](=O)[O-])c2)CC1. The molecule has 0 bridgehead atoms. The number of non-ortho nitro benzene ring substituents is 1. The van der Waals surface area contributed by atoms with Gasteiger partial charge < -0.3 is 9.80 Å². The molecule has 1 aliphatic rings. The first-order valence-electron chi connectivity index (χ1n) is 9.78. The molecule has 1 amide bonds. The Hall–Kier alpha value is -3.44. The van der Waals surface area contributed by atoms with Crippen LogP contribution < -0.4 is 9.62 Å². The summed E-state index contributed by atoms with van der Waals surface area (Å²) in [5.74, 6) is -0.194. The van der Waals surface area contributed by atoms with Crippen molar-refractivity contribution in [2.75, 3.05) is 35.8 Å². The summed E-state index contributed by atoms with van der Waals surface area (Å²) in [4.78, 5) is 27.3. The number of nitrogens with one attached hydrogen (secondary N) is 1. The van der Waals surface area contributed by atoms with Crippen LogP contribution in [-0.4, -0.2) is 50.3 Å². The van der Waals surface area contributed by atoms with Gasteiger partial charge in [-0.2, -0.15) is 0 Å². The monoisotopic (exact) mass is 472 g/mol. The number of sulfonamides is 1. The topological polar surface area (TPSA) is 113 Å². The zero-order chi connectivity index (χ0) is 22.7. The van der Waals surface area contributed by atoms with Crippen LogP contribution in [0.5, 0.6) is 0 Å². The average molecular weight is 473 g/mol. The number of nitrogens with zero attached hydrogens (tertiary/aromatic N) is 3. The molecular weight excluding hydrogens is 452 g/mol. The molecule has 1 aromatic heterocycles. The number of amides is 1. The molecule has 0 radical (unpaired) electrons. The van der Waals surface area contributed by atoms with Gasteiger partial charge >= 0.3 is 0 Å². The minimum atomic E-state index is -3.70. The van der Waals surface area contributed by atoms with Crippen molar-refractivity contribution < 1.29 is 18.1 Å². The molecule has 9 nitrogen and oxygen atoms in total. The number of hydrogen-bond acceptors (Lipinski definition) is 7. The fourth-order valence-corrected chi connectivity index (χ4v) is 5.53. The van der Waals surface area contributed by atoms with Gasteiger partial charge in [-0.3, -0.25) is 19.6 Å². The maximum Gasteiger partial charge on any atom is 0.271 e. The third kappa shape index (κ3) is 4.73. The molecule has 0 spiro atoms. The molecule has 1 saturated heterocycles. The van der Waals surface area contributed by atoms with Gasteiger partial charge in [0.25, 0.3) is 21.6 Å². The predicted octanol–water partition coefficient (Wildman–Crippen LogP) is 3.42. The lowest BCUT2D eigenvalue weighted by Gasteiger charge is -2.36. The van der Waals surface area contributed by atoms with Gasteiger partial charge in [0, 0.05) is 55.2 Å². The van der Waals surface area contributed by atoms with Crippen molar-refractivity contribution in [1.82, 2.24) is 4.90 Å². The van der Waals surface area contributed by atoms with Gasteiger partial charge in [0.1, 0.15) is 4.21 Å². The van der Waals surface area contributed by atoms with Crippen molar-refractivity contribution >= 4 is 44.3 Å². The van der Waals surface area contributed by atoms with Gasteiger partial charge in [-0.15, -0.1) is 11.3 Å². The molecule has 4 rings (SSSR count). The molecule has 0 unspecified atom stereocenters. The minimum absolute atomic E-state index is 0.0304. The standard InChI is InChI=1S/C21H20N4O5S2/c26-21(16-4-1-5-17(14-16)22-32(29,30)20-8-3-13-31-20)24-11-9-23(10-12-24)18-6-2-7-19(15-18)25(27)28/h1-8,13-15,22H,9-12H2. The molecule has 1 fully saturated rings. The van der Waals surface area contributed by atoms with Crippen molar-refractivity contribution in [1.29, 1.82) is 0 Å². The van der Waals surface area contributed by atoms with Gasteiger partial charge in [-0.1, -0.05) is 18.2 Å². The number of carbonyl (C=O) groups excluding carboxylic acids is 1. The van der Waals surface area contributed by atoms with E-state index < -0.39 is 14.9 Å². The molecule has 11 heteroatoms. The zero-order valence-electron chi connectivity index (χ0n) is 16.9. The molecule has 3 aromatic rings. The third-order valence-corrected chi connectivity index (χ3v) is 7.87. The normalized spacial score (nSPS) is 14.2. The van der Waals surface area contributed by atoms with Crippen molar-refractivity contribution in [3.63, 3.8) is 0 Å². The van der Waals surface area contributed by atoms with Gasteiger partial charge in [-0.25, -0.2) is 8.42 Å². The van der Waals surface area contributed by atoms with E-state index in [1.54, 1.807) is 40.6 Å². The molecule has 2 heterocycles. The first-order chi connectivity index (χ1) is 15.3. The van der Waals surface area contributed by atoms with Gasteiger partial charge in [0.15, 0.2) is 0 Å². The van der Waals surface area contributed by atoms with E-state index in [2.05, 4.69) is 4.72 Å². The Kier molecular flexibility index (Phi) is 6.10. The van der Waals surface area contributed by atoms with Crippen LogP contribution in [-0.2, 0) is 10.0 Å². The second kappa shape index (κ2) is 8.97. The molecule has 1 N–H and O–H groups in total. The Labute approximate surface area is 189 Å². The van der Waals surface area contributed by atoms with E-state index >= 15 is 0 Å². The van der Waals surface area contributed by atoms with Crippen LogP contribution in [0.4, 0.5) is 17.1 Å².